The lowest BCUT2D eigenvalue weighted by atomic mass is 10.1. The Morgan fingerprint density at radius 2 is 1.68 bits per heavy atom. The molecule has 108 valence electrons. The van der Waals surface area contributed by atoms with Crippen molar-refractivity contribution in [3.05, 3.63) is 29.3 Å². The van der Waals surface area contributed by atoms with Crippen LogP contribution in [0.25, 0.3) is 0 Å². The van der Waals surface area contributed by atoms with Crippen LogP contribution in [0.2, 0.25) is 0 Å². The molecule has 0 N–H and O–H groups in total. The van der Waals surface area contributed by atoms with Gasteiger partial charge >= 0.3 is 0 Å². The van der Waals surface area contributed by atoms with Crippen LogP contribution in [0, 0.1) is 6.92 Å². The van der Waals surface area contributed by atoms with Crippen LogP contribution in [0.1, 0.15) is 44.7 Å². The number of hydrogen-bond acceptors (Lipinski definition) is 2. The summed E-state index contributed by atoms with van der Waals surface area (Å²) in [6.07, 6.45) is 3.46. The molecule has 2 nitrogen and oxygen atoms in total. The highest BCUT2D eigenvalue weighted by atomic mass is 16.5. The van der Waals surface area contributed by atoms with E-state index in [-0.39, 0.29) is 0 Å². The van der Waals surface area contributed by atoms with Crippen LogP contribution in [0.3, 0.4) is 0 Å². The molecule has 0 saturated carbocycles. The number of rotatable bonds is 9. The summed E-state index contributed by atoms with van der Waals surface area (Å²) in [7, 11) is 0. The first-order chi connectivity index (χ1) is 9.21. The second-order valence-corrected chi connectivity index (χ2v) is 5.15. The van der Waals surface area contributed by atoms with Crippen LogP contribution in [-0.2, 0) is 6.42 Å². The third-order valence-electron chi connectivity index (χ3n) is 3.35. The highest BCUT2D eigenvalue weighted by molar-refractivity contribution is 5.37. The van der Waals surface area contributed by atoms with Gasteiger partial charge in [0, 0.05) is 6.54 Å². The van der Waals surface area contributed by atoms with Crippen molar-refractivity contribution in [3.63, 3.8) is 0 Å². The third kappa shape index (κ3) is 5.65. The van der Waals surface area contributed by atoms with Crippen molar-refractivity contribution in [2.75, 3.05) is 26.2 Å². The maximum atomic E-state index is 5.99. The number of benzene rings is 1. The van der Waals surface area contributed by atoms with Gasteiger partial charge in [0.1, 0.15) is 12.4 Å². The molecule has 0 heterocycles. The van der Waals surface area contributed by atoms with Crippen LogP contribution >= 0.6 is 0 Å². The van der Waals surface area contributed by atoms with E-state index in [1.54, 1.807) is 0 Å². The van der Waals surface area contributed by atoms with Gasteiger partial charge in [-0.05, 0) is 56.5 Å². The highest BCUT2D eigenvalue weighted by Crippen LogP contribution is 2.20. The van der Waals surface area contributed by atoms with Crippen molar-refractivity contribution in [2.24, 2.45) is 0 Å². The molecule has 19 heavy (non-hydrogen) atoms. The fourth-order valence-corrected chi connectivity index (χ4v) is 2.34. The Bertz CT molecular complexity index is 356. The summed E-state index contributed by atoms with van der Waals surface area (Å²) in [5, 5.41) is 0. The van der Waals surface area contributed by atoms with Gasteiger partial charge in [0.2, 0.25) is 0 Å². The fraction of sp³-hybridized carbons (Fsp3) is 0.647. The molecule has 0 aliphatic heterocycles. The number of hydrogen-bond donors (Lipinski definition) is 0. The van der Waals surface area contributed by atoms with E-state index >= 15 is 0 Å². The molecule has 0 amide bonds. The van der Waals surface area contributed by atoms with Gasteiger partial charge in [-0.3, -0.25) is 4.90 Å². The molecule has 0 radical (unpaired) electrons. The number of nitrogens with zero attached hydrogens (tertiary/aromatic N) is 1. The molecule has 0 fully saturated rings. The van der Waals surface area contributed by atoms with Crippen molar-refractivity contribution in [2.45, 2.75) is 47.0 Å². The summed E-state index contributed by atoms with van der Waals surface area (Å²) in [5.74, 6) is 1.07. The first kappa shape index (κ1) is 16.0. The average Bonchev–Trinajstić information content (AvgIpc) is 2.39. The van der Waals surface area contributed by atoms with Crippen molar-refractivity contribution in [3.8, 4) is 5.75 Å². The molecular formula is C17H29NO. The van der Waals surface area contributed by atoms with E-state index in [2.05, 4.69) is 50.8 Å². The van der Waals surface area contributed by atoms with Gasteiger partial charge in [0.05, 0.1) is 0 Å². The second kappa shape index (κ2) is 8.98. The van der Waals surface area contributed by atoms with E-state index in [0.29, 0.717) is 0 Å². The Hall–Kier alpha value is -1.02. The van der Waals surface area contributed by atoms with Gasteiger partial charge in [-0.25, -0.2) is 0 Å². The van der Waals surface area contributed by atoms with Crippen LogP contribution in [0.15, 0.2) is 18.2 Å². The largest absolute Gasteiger partial charge is 0.492 e. The molecule has 0 aliphatic rings. The number of aryl methyl sites for hydroxylation is 2. The minimum absolute atomic E-state index is 0.788. The van der Waals surface area contributed by atoms with E-state index in [1.165, 1.54) is 37.1 Å². The Morgan fingerprint density at radius 1 is 1.00 bits per heavy atom. The lowest BCUT2D eigenvalue weighted by Gasteiger charge is -2.21. The van der Waals surface area contributed by atoms with E-state index in [0.717, 1.165) is 25.3 Å². The maximum absolute atomic E-state index is 5.99. The second-order valence-electron chi connectivity index (χ2n) is 5.15. The summed E-state index contributed by atoms with van der Waals surface area (Å²) in [6.45, 7) is 12.9. The van der Waals surface area contributed by atoms with Crippen LogP contribution in [-0.4, -0.2) is 31.1 Å². The predicted molar refractivity (Wildman–Crippen MR) is 83.1 cm³/mol. The van der Waals surface area contributed by atoms with Crippen molar-refractivity contribution < 1.29 is 4.74 Å². The smallest absolute Gasteiger partial charge is 0.122 e. The van der Waals surface area contributed by atoms with Crippen LogP contribution in [0.4, 0.5) is 0 Å². The minimum Gasteiger partial charge on any atom is -0.492 e. The Balaban J connectivity index is 2.49. The Morgan fingerprint density at radius 3 is 2.26 bits per heavy atom. The minimum atomic E-state index is 0.788. The van der Waals surface area contributed by atoms with E-state index in [4.69, 9.17) is 4.74 Å². The normalized spacial score (nSPS) is 11.0. The van der Waals surface area contributed by atoms with Crippen molar-refractivity contribution in [1.82, 2.24) is 4.90 Å². The zero-order valence-electron chi connectivity index (χ0n) is 13.0. The lowest BCUT2D eigenvalue weighted by Crippen LogP contribution is -2.30. The molecule has 2 heteroatoms. The third-order valence-corrected chi connectivity index (χ3v) is 3.35. The van der Waals surface area contributed by atoms with Crippen molar-refractivity contribution in [1.29, 1.82) is 0 Å². The van der Waals surface area contributed by atoms with Gasteiger partial charge in [0.15, 0.2) is 0 Å². The molecule has 0 bridgehead atoms. The molecule has 0 aliphatic carbocycles. The summed E-state index contributed by atoms with van der Waals surface area (Å²) in [6, 6.07) is 6.50. The quantitative estimate of drug-likeness (QED) is 0.666. The topological polar surface area (TPSA) is 12.5 Å². The summed E-state index contributed by atoms with van der Waals surface area (Å²) >= 11 is 0. The molecule has 1 aromatic rings. The lowest BCUT2D eigenvalue weighted by molar-refractivity contribution is 0.208. The Kier molecular flexibility index (Phi) is 7.57. The molecule has 0 aromatic heterocycles. The first-order valence-corrected chi connectivity index (χ1v) is 7.65. The zero-order chi connectivity index (χ0) is 14.1. The molecule has 0 spiro atoms. The molecule has 0 unspecified atom stereocenters. The molecule has 1 rings (SSSR count). The zero-order valence-corrected chi connectivity index (χ0v) is 13.0. The van der Waals surface area contributed by atoms with Crippen molar-refractivity contribution >= 4 is 0 Å². The standard InChI is InChI=1S/C17H29NO/c1-5-10-18(11-6-2)12-13-19-17-14-15(4)8-9-16(17)7-3/h8-9,14H,5-7,10-13H2,1-4H3. The van der Waals surface area contributed by atoms with Gasteiger partial charge in [-0.15, -0.1) is 0 Å². The Labute approximate surface area is 118 Å². The summed E-state index contributed by atoms with van der Waals surface area (Å²) in [5.41, 5.74) is 2.58. The maximum Gasteiger partial charge on any atom is 0.122 e. The summed E-state index contributed by atoms with van der Waals surface area (Å²) in [4.78, 5) is 2.49. The summed E-state index contributed by atoms with van der Waals surface area (Å²) < 4.78 is 5.99. The monoisotopic (exact) mass is 263 g/mol. The number of ether oxygens (including phenoxy) is 1. The van der Waals surface area contributed by atoms with Crippen LogP contribution < -0.4 is 4.74 Å². The fourth-order valence-electron chi connectivity index (χ4n) is 2.34. The van der Waals surface area contributed by atoms with Gasteiger partial charge in [0.25, 0.3) is 0 Å². The molecule has 0 saturated heterocycles. The molecular weight excluding hydrogens is 234 g/mol. The predicted octanol–water partition coefficient (Wildman–Crippen LogP) is 4.06. The van der Waals surface area contributed by atoms with E-state index in [9.17, 15) is 0 Å². The highest BCUT2D eigenvalue weighted by Gasteiger charge is 2.05. The van der Waals surface area contributed by atoms with Gasteiger partial charge < -0.3 is 4.74 Å². The van der Waals surface area contributed by atoms with E-state index < -0.39 is 0 Å². The van der Waals surface area contributed by atoms with Gasteiger partial charge in [-0.2, -0.15) is 0 Å². The average molecular weight is 263 g/mol. The SMILES string of the molecule is CCCN(CCC)CCOc1cc(C)ccc1CC. The first-order valence-electron chi connectivity index (χ1n) is 7.65. The van der Waals surface area contributed by atoms with Crippen LogP contribution in [0.5, 0.6) is 5.75 Å². The van der Waals surface area contributed by atoms with E-state index in [1.807, 2.05) is 0 Å². The molecule has 1 aromatic carbocycles. The molecule has 0 atom stereocenters. The van der Waals surface area contributed by atoms with Gasteiger partial charge in [-0.1, -0.05) is 32.9 Å².